The van der Waals surface area contributed by atoms with E-state index in [4.69, 9.17) is 0 Å². The van der Waals surface area contributed by atoms with Gasteiger partial charge in [-0.3, -0.25) is 0 Å². The van der Waals surface area contributed by atoms with Crippen LogP contribution in [0.5, 0.6) is 0 Å². The Bertz CT molecular complexity index is 611. The molecular weight excluding hydrogens is 263 g/mol. The molecule has 0 amide bonds. The van der Waals surface area contributed by atoms with Gasteiger partial charge >= 0.3 is 5.97 Å². The molecule has 0 fully saturated rings. The summed E-state index contributed by atoms with van der Waals surface area (Å²) in [5.74, 6) is -0.614. The maximum absolute atomic E-state index is 12.9. The van der Waals surface area contributed by atoms with Crippen LogP contribution in [0.1, 0.15) is 11.8 Å². The van der Waals surface area contributed by atoms with E-state index in [-0.39, 0.29) is 11.8 Å². The monoisotopic (exact) mass is 276 g/mol. The summed E-state index contributed by atoms with van der Waals surface area (Å²) in [7, 11) is 1.35. The molecule has 4 heteroatoms. The lowest BCUT2D eigenvalue weighted by Gasteiger charge is -1.98. The van der Waals surface area contributed by atoms with Gasteiger partial charge in [0, 0.05) is 15.8 Å². The number of allylic oxidation sites excluding steroid dienone is 1. The lowest BCUT2D eigenvalue weighted by atomic mass is 10.2. The van der Waals surface area contributed by atoms with E-state index in [1.54, 1.807) is 23.5 Å². The summed E-state index contributed by atoms with van der Waals surface area (Å²) in [6.45, 7) is 1.86. The van der Waals surface area contributed by atoms with Crippen molar-refractivity contribution in [3.8, 4) is 10.4 Å². The van der Waals surface area contributed by atoms with E-state index in [0.717, 1.165) is 20.9 Å². The first-order valence-electron chi connectivity index (χ1n) is 5.72. The number of benzene rings is 1. The van der Waals surface area contributed by atoms with E-state index in [0.29, 0.717) is 0 Å². The third kappa shape index (κ3) is 3.29. The molecular formula is C15H13FO2S. The van der Waals surface area contributed by atoms with E-state index < -0.39 is 0 Å². The van der Waals surface area contributed by atoms with Gasteiger partial charge in [-0.25, -0.2) is 9.18 Å². The average molecular weight is 276 g/mol. The van der Waals surface area contributed by atoms with Crippen molar-refractivity contribution in [3.63, 3.8) is 0 Å². The number of hydrogen-bond donors (Lipinski definition) is 0. The zero-order chi connectivity index (χ0) is 13.8. The van der Waals surface area contributed by atoms with Crippen LogP contribution in [0.15, 0.2) is 42.5 Å². The van der Waals surface area contributed by atoms with Crippen LogP contribution < -0.4 is 0 Å². The van der Waals surface area contributed by atoms with Crippen molar-refractivity contribution < 1.29 is 13.9 Å². The van der Waals surface area contributed by atoms with E-state index in [2.05, 4.69) is 4.74 Å². The molecule has 2 aromatic rings. The van der Waals surface area contributed by atoms with Crippen molar-refractivity contribution in [2.24, 2.45) is 0 Å². The molecule has 2 rings (SSSR count). The van der Waals surface area contributed by atoms with Gasteiger partial charge in [0.25, 0.3) is 0 Å². The van der Waals surface area contributed by atoms with E-state index in [9.17, 15) is 9.18 Å². The highest BCUT2D eigenvalue weighted by molar-refractivity contribution is 7.16. The van der Waals surface area contributed by atoms with Crippen LogP contribution in [0.2, 0.25) is 0 Å². The highest BCUT2D eigenvalue weighted by Crippen LogP contribution is 2.31. The second-order valence-electron chi connectivity index (χ2n) is 4.02. The predicted molar refractivity (Wildman–Crippen MR) is 75.4 cm³/mol. The standard InChI is InChI=1S/C15H13FO2S/c1-10(9-15(17)18-2)13-7-8-14(19-13)11-3-5-12(16)6-4-11/h3-9H,1-2H3/b10-9+. The minimum Gasteiger partial charge on any atom is -0.466 e. The van der Waals surface area contributed by atoms with Gasteiger partial charge in [0.2, 0.25) is 0 Å². The largest absolute Gasteiger partial charge is 0.466 e. The minimum absolute atomic E-state index is 0.248. The average Bonchev–Trinajstić information content (AvgIpc) is 2.89. The molecule has 0 bridgehead atoms. The van der Waals surface area contributed by atoms with Crippen LogP contribution in [-0.4, -0.2) is 13.1 Å². The fourth-order valence-corrected chi connectivity index (χ4v) is 2.61. The Balaban J connectivity index is 2.26. The third-order valence-corrected chi connectivity index (χ3v) is 3.93. The second kappa shape index (κ2) is 5.80. The Labute approximate surface area is 115 Å². The Morgan fingerprint density at radius 1 is 1.21 bits per heavy atom. The van der Waals surface area contributed by atoms with Gasteiger partial charge in [-0.15, -0.1) is 11.3 Å². The molecule has 0 saturated carbocycles. The summed E-state index contributed by atoms with van der Waals surface area (Å²) in [6.07, 6.45) is 1.46. The van der Waals surface area contributed by atoms with Crippen molar-refractivity contribution in [2.45, 2.75) is 6.92 Å². The maximum atomic E-state index is 12.9. The first kappa shape index (κ1) is 13.5. The number of carbonyl (C=O) groups is 1. The first-order valence-corrected chi connectivity index (χ1v) is 6.54. The highest BCUT2D eigenvalue weighted by Gasteiger charge is 2.06. The van der Waals surface area contributed by atoms with Crippen molar-refractivity contribution in [1.29, 1.82) is 0 Å². The zero-order valence-electron chi connectivity index (χ0n) is 10.6. The maximum Gasteiger partial charge on any atom is 0.330 e. The van der Waals surface area contributed by atoms with Crippen LogP contribution >= 0.6 is 11.3 Å². The smallest absolute Gasteiger partial charge is 0.330 e. The molecule has 0 aliphatic heterocycles. The molecule has 0 saturated heterocycles. The van der Waals surface area contributed by atoms with Crippen molar-refractivity contribution in [1.82, 2.24) is 0 Å². The fourth-order valence-electron chi connectivity index (χ4n) is 1.63. The molecule has 0 radical (unpaired) electrons. The van der Waals surface area contributed by atoms with Crippen molar-refractivity contribution in [3.05, 3.63) is 53.2 Å². The van der Waals surface area contributed by atoms with Crippen LogP contribution in [0.3, 0.4) is 0 Å². The normalized spacial score (nSPS) is 11.4. The summed E-state index contributed by atoms with van der Waals surface area (Å²) in [4.78, 5) is 13.2. The summed E-state index contributed by atoms with van der Waals surface area (Å²) in [6, 6.07) is 10.3. The minimum atomic E-state index is -0.366. The molecule has 1 heterocycles. The molecule has 0 aliphatic carbocycles. The van der Waals surface area contributed by atoms with Gasteiger partial charge in [0.1, 0.15) is 5.82 Å². The van der Waals surface area contributed by atoms with Gasteiger partial charge in [-0.05, 0) is 42.3 Å². The van der Waals surface area contributed by atoms with Crippen LogP contribution in [0.4, 0.5) is 4.39 Å². The molecule has 0 unspecified atom stereocenters. The van der Waals surface area contributed by atoms with Gasteiger partial charge in [-0.2, -0.15) is 0 Å². The molecule has 1 aromatic carbocycles. The molecule has 0 aliphatic rings. The lowest BCUT2D eigenvalue weighted by molar-refractivity contribution is -0.134. The Kier molecular flexibility index (Phi) is 4.12. The van der Waals surface area contributed by atoms with E-state index in [1.165, 1.54) is 25.3 Å². The molecule has 19 heavy (non-hydrogen) atoms. The summed E-state index contributed by atoms with van der Waals surface area (Å²) in [5.41, 5.74) is 1.81. The quantitative estimate of drug-likeness (QED) is 0.622. The number of hydrogen-bond acceptors (Lipinski definition) is 3. The van der Waals surface area contributed by atoms with Crippen LogP contribution in [-0.2, 0) is 9.53 Å². The topological polar surface area (TPSA) is 26.3 Å². The van der Waals surface area contributed by atoms with Crippen LogP contribution in [0, 0.1) is 5.82 Å². The number of carbonyl (C=O) groups excluding carboxylic acids is 1. The lowest BCUT2D eigenvalue weighted by Crippen LogP contribution is -1.94. The molecule has 1 aromatic heterocycles. The number of esters is 1. The molecule has 0 spiro atoms. The highest BCUT2D eigenvalue weighted by atomic mass is 32.1. The van der Waals surface area contributed by atoms with E-state index >= 15 is 0 Å². The Hall–Kier alpha value is -1.94. The summed E-state index contributed by atoms with van der Waals surface area (Å²) < 4.78 is 17.5. The molecule has 0 atom stereocenters. The summed E-state index contributed by atoms with van der Waals surface area (Å²) >= 11 is 1.55. The Morgan fingerprint density at radius 3 is 2.53 bits per heavy atom. The van der Waals surface area contributed by atoms with Gasteiger partial charge in [0.15, 0.2) is 0 Å². The molecule has 0 N–H and O–H groups in total. The SMILES string of the molecule is COC(=O)/C=C(\C)c1ccc(-c2ccc(F)cc2)s1. The number of rotatable bonds is 3. The van der Waals surface area contributed by atoms with Gasteiger partial charge in [-0.1, -0.05) is 12.1 Å². The number of ether oxygens (including phenoxy) is 1. The number of halogens is 1. The molecule has 98 valence electrons. The predicted octanol–water partition coefficient (Wildman–Crippen LogP) is 4.13. The Morgan fingerprint density at radius 2 is 1.89 bits per heavy atom. The van der Waals surface area contributed by atoms with Crippen molar-refractivity contribution >= 4 is 22.9 Å². The van der Waals surface area contributed by atoms with E-state index in [1.807, 2.05) is 19.1 Å². The number of methoxy groups -OCH3 is 1. The van der Waals surface area contributed by atoms with Crippen LogP contribution in [0.25, 0.3) is 16.0 Å². The zero-order valence-corrected chi connectivity index (χ0v) is 11.5. The van der Waals surface area contributed by atoms with Crippen molar-refractivity contribution in [2.75, 3.05) is 7.11 Å². The first-order chi connectivity index (χ1) is 9.10. The second-order valence-corrected chi connectivity index (χ2v) is 5.11. The molecule has 2 nitrogen and oxygen atoms in total. The number of thiophene rings is 1. The third-order valence-electron chi connectivity index (χ3n) is 2.66. The van der Waals surface area contributed by atoms with Gasteiger partial charge < -0.3 is 4.74 Å². The fraction of sp³-hybridized carbons (Fsp3) is 0.133. The van der Waals surface area contributed by atoms with Gasteiger partial charge in [0.05, 0.1) is 7.11 Å². The summed E-state index contributed by atoms with van der Waals surface area (Å²) in [5, 5.41) is 0.